The Balaban J connectivity index is 2.27. The first-order valence-electron chi connectivity index (χ1n) is 14.8. The van der Waals surface area contributed by atoms with Crippen molar-refractivity contribution in [3.8, 4) is 5.75 Å². The summed E-state index contributed by atoms with van der Waals surface area (Å²) < 4.78 is 0. The summed E-state index contributed by atoms with van der Waals surface area (Å²) in [7, 11) is 0. The van der Waals surface area contributed by atoms with Crippen LogP contribution in [0.25, 0.3) is 0 Å². The maximum atomic E-state index is 13.8. The van der Waals surface area contributed by atoms with Crippen molar-refractivity contribution in [2.24, 2.45) is 28.1 Å². The summed E-state index contributed by atoms with van der Waals surface area (Å²) >= 11 is 0. The molecule has 0 unspecified atom stereocenters. The minimum absolute atomic E-state index is 0.0624. The Hall–Kier alpha value is -4.44. The molecule has 250 valence electrons. The molecule has 1 fully saturated rings. The predicted octanol–water partition coefficient (Wildman–Crippen LogP) is -1.60. The Morgan fingerprint density at radius 1 is 1.02 bits per heavy atom. The molecular weight excluding hydrogens is 588 g/mol. The molecule has 0 radical (unpaired) electrons. The Morgan fingerprint density at radius 2 is 1.67 bits per heavy atom. The molecule has 0 spiro atoms. The van der Waals surface area contributed by atoms with Crippen molar-refractivity contribution in [1.29, 1.82) is 0 Å². The second kappa shape index (κ2) is 17.2. The molecule has 0 aliphatic carbocycles. The van der Waals surface area contributed by atoms with Gasteiger partial charge < -0.3 is 53.4 Å². The Kier molecular flexibility index (Phi) is 14.0. The number of phenols is 1. The molecule has 6 atom stereocenters. The van der Waals surface area contributed by atoms with Crippen LogP contribution in [0.5, 0.6) is 5.75 Å². The first-order valence-corrected chi connectivity index (χ1v) is 14.8. The molecule has 0 aromatic heterocycles. The number of aliphatic carboxylic acids is 1. The summed E-state index contributed by atoms with van der Waals surface area (Å²) in [6, 6.07) is -0.358. The van der Waals surface area contributed by atoms with Crippen LogP contribution in [-0.4, -0.2) is 99.1 Å². The number of benzene rings is 1. The number of amides is 4. The number of phenolic OH excluding ortho intramolecular Hbond substituents is 1. The number of guanidine groups is 1. The molecule has 1 aromatic carbocycles. The predicted molar refractivity (Wildman–Crippen MR) is 164 cm³/mol. The number of hydrogen-bond acceptors (Lipinski definition) is 9. The number of carbonyl (C=O) groups is 5. The molecule has 1 saturated heterocycles. The highest BCUT2D eigenvalue weighted by molar-refractivity contribution is 5.96. The lowest BCUT2D eigenvalue weighted by molar-refractivity contribution is -0.147. The zero-order chi connectivity index (χ0) is 33.8. The smallest absolute Gasteiger partial charge is 0.328 e. The Bertz CT molecular complexity index is 1220. The van der Waals surface area contributed by atoms with Gasteiger partial charge in [-0.1, -0.05) is 26.0 Å². The van der Waals surface area contributed by atoms with E-state index in [2.05, 4.69) is 20.9 Å². The number of aliphatic imine (C=N–C) groups is 1. The van der Waals surface area contributed by atoms with Crippen molar-refractivity contribution >= 4 is 35.6 Å². The van der Waals surface area contributed by atoms with Crippen molar-refractivity contribution in [2.75, 3.05) is 13.1 Å². The third-order valence-electron chi connectivity index (χ3n) is 7.29. The topological polar surface area (TPSA) is 276 Å². The van der Waals surface area contributed by atoms with Crippen LogP contribution in [-0.2, 0) is 24.0 Å². The summed E-state index contributed by atoms with van der Waals surface area (Å²) in [5, 5.41) is 36.5. The normalized spacial score (nSPS) is 17.8. The summed E-state index contributed by atoms with van der Waals surface area (Å²) in [6.07, 6.45) is 0.176. The molecule has 4 amide bonds. The molecule has 0 saturated carbocycles. The quantitative estimate of drug-likeness (QED) is 0.0567. The third-order valence-corrected chi connectivity index (χ3v) is 7.29. The van der Waals surface area contributed by atoms with E-state index in [1.54, 1.807) is 0 Å². The van der Waals surface area contributed by atoms with Crippen LogP contribution < -0.4 is 33.2 Å². The summed E-state index contributed by atoms with van der Waals surface area (Å²) in [5.74, 6) is -4.28. The van der Waals surface area contributed by atoms with Gasteiger partial charge in [0.2, 0.25) is 23.6 Å². The van der Waals surface area contributed by atoms with Gasteiger partial charge in [0.25, 0.3) is 0 Å². The highest BCUT2D eigenvalue weighted by atomic mass is 16.4. The molecular formula is C29H46N8O8. The van der Waals surface area contributed by atoms with E-state index in [1.807, 2.05) is 13.8 Å². The van der Waals surface area contributed by atoms with Crippen LogP contribution in [0.4, 0.5) is 0 Å². The lowest BCUT2D eigenvalue weighted by Crippen LogP contribution is -2.58. The van der Waals surface area contributed by atoms with Gasteiger partial charge in [0.05, 0.1) is 12.1 Å². The monoisotopic (exact) mass is 634 g/mol. The summed E-state index contributed by atoms with van der Waals surface area (Å²) in [4.78, 5) is 70.2. The molecule has 16 nitrogen and oxygen atoms in total. The maximum absolute atomic E-state index is 13.8. The Morgan fingerprint density at radius 3 is 2.22 bits per heavy atom. The van der Waals surface area contributed by atoms with E-state index in [0.29, 0.717) is 18.4 Å². The van der Waals surface area contributed by atoms with E-state index in [0.717, 1.165) is 0 Å². The van der Waals surface area contributed by atoms with E-state index < -0.39 is 65.9 Å². The molecule has 1 heterocycles. The zero-order valence-corrected chi connectivity index (χ0v) is 25.8. The minimum atomic E-state index is -1.56. The number of nitrogens with two attached hydrogens (primary N) is 3. The van der Waals surface area contributed by atoms with Gasteiger partial charge in [-0.2, -0.15) is 0 Å². The van der Waals surface area contributed by atoms with E-state index in [-0.39, 0.29) is 50.0 Å². The van der Waals surface area contributed by atoms with Crippen molar-refractivity contribution in [3.63, 3.8) is 0 Å². The average Bonchev–Trinajstić information content (AvgIpc) is 3.45. The molecule has 1 aliphatic heterocycles. The lowest BCUT2D eigenvalue weighted by atomic mass is 10.00. The van der Waals surface area contributed by atoms with Gasteiger partial charge in [-0.05, 0) is 62.6 Å². The molecule has 1 aliphatic rings. The fraction of sp³-hybridized carbons (Fsp3) is 0.586. The number of rotatable bonds is 16. The number of nitrogens with zero attached hydrogens (tertiary/aromatic N) is 2. The lowest BCUT2D eigenvalue weighted by Gasteiger charge is -2.31. The van der Waals surface area contributed by atoms with E-state index in [9.17, 15) is 39.3 Å². The highest BCUT2D eigenvalue weighted by Crippen LogP contribution is 2.23. The van der Waals surface area contributed by atoms with Gasteiger partial charge in [-0.25, -0.2) is 4.79 Å². The van der Waals surface area contributed by atoms with Crippen LogP contribution in [0.15, 0.2) is 29.3 Å². The number of likely N-dealkylation sites (tertiary alicyclic amines) is 1. The van der Waals surface area contributed by atoms with Gasteiger partial charge >= 0.3 is 5.97 Å². The summed E-state index contributed by atoms with van der Waals surface area (Å²) in [6.45, 7) is 5.38. The van der Waals surface area contributed by atoms with Gasteiger partial charge in [0.1, 0.15) is 23.9 Å². The fourth-order valence-electron chi connectivity index (χ4n) is 4.96. The van der Waals surface area contributed by atoms with E-state index in [1.165, 1.54) is 36.1 Å². The van der Waals surface area contributed by atoms with Crippen molar-refractivity contribution in [2.45, 2.75) is 89.2 Å². The van der Waals surface area contributed by atoms with Gasteiger partial charge in [-0.15, -0.1) is 0 Å². The standard InChI is InChI=1S/C29H46N8O8/c1-15(2)14-20(27(43)37-13-5-7-21(37)25(41)35-22(16(3)38)28(44)45)34-26(42)23(17-8-10-18(39)11-9-17)36-24(40)19(30)6-4-12-33-29(31)32/h8-11,15-16,19-23,38-39H,4-7,12-14,30H2,1-3H3,(H,34,42)(H,35,41)(H,36,40)(H,44,45)(H4,31,32,33)/t16-,19+,20+,21+,22+,23+/m1/s1. The number of hydrogen-bond donors (Lipinski definition) is 9. The number of aliphatic hydroxyl groups excluding tert-OH is 1. The molecule has 1 aromatic rings. The van der Waals surface area contributed by atoms with E-state index in [4.69, 9.17) is 17.2 Å². The first kappa shape index (κ1) is 36.8. The molecule has 12 N–H and O–H groups in total. The van der Waals surface area contributed by atoms with Gasteiger partial charge in [-0.3, -0.25) is 24.2 Å². The number of carbonyl (C=O) groups excluding carboxylic acids is 4. The van der Waals surface area contributed by atoms with Gasteiger partial charge in [0, 0.05) is 13.1 Å². The first-order chi connectivity index (χ1) is 21.1. The minimum Gasteiger partial charge on any atom is -0.508 e. The Labute approximate surface area is 261 Å². The number of nitrogens with one attached hydrogen (secondary N) is 3. The molecule has 0 bridgehead atoms. The van der Waals surface area contributed by atoms with Crippen molar-refractivity contribution in [3.05, 3.63) is 29.8 Å². The molecule has 45 heavy (non-hydrogen) atoms. The molecule has 16 heteroatoms. The van der Waals surface area contributed by atoms with Crippen LogP contribution in [0, 0.1) is 5.92 Å². The maximum Gasteiger partial charge on any atom is 0.328 e. The van der Waals surface area contributed by atoms with Crippen molar-refractivity contribution in [1.82, 2.24) is 20.9 Å². The largest absolute Gasteiger partial charge is 0.508 e. The van der Waals surface area contributed by atoms with E-state index >= 15 is 0 Å². The van der Waals surface area contributed by atoms with Crippen LogP contribution >= 0.6 is 0 Å². The summed E-state index contributed by atoms with van der Waals surface area (Å²) in [5.41, 5.74) is 17.0. The zero-order valence-electron chi connectivity index (χ0n) is 25.8. The number of carboxylic acid groups (broad SMARTS) is 1. The SMILES string of the molecule is CC(C)C[C@H](NC(=O)[C@@H](NC(=O)[C@@H](N)CCCN=C(N)N)c1ccc(O)cc1)C(=O)N1CCC[C@H]1C(=O)N[C@H](C(=O)O)[C@@H](C)O. The van der Waals surface area contributed by atoms with Crippen LogP contribution in [0.2, 0.25) is 0 Å². The van der Waals surface area contributed by atoms with Crippen LogP contribution in [0.1, 0.15) is 64.5 Å². The second-order valence-electron chi connectivity index (χ2n) is 11.5. The van der Waals surface area contributed by atoms with Crippen molar-refractivity contribution < 1.29 is 39.3 Å². The van der Waals surface area contributed by atoms with Gasteiger partial charge in [0.15, 0.2) is 12.0 Å². The average molecular weight is 635 g/mol. The van der Waals surface area contributed by atoms with Crippen LogP contribution in [0.3, 0.4) is 0 Å². The number of aliphatic hydroxyl groups is 1. The highest BCUT2D eigenvalue weighted by Gasteiger charge is 2.40. The number of carboxylic acids is 1. The third kappa shape index (κ3) is 11.2. The second-order valence-corrected chi connectivity index (χ2v) is 11.5. The number of aromatic hydroxyl groups is 1. The molecule has 2 rings (SSSR count). The fourth-order valence-corrected chi connectivity index (χ4v) is 4.96.